The molecule has 0 unspecified atom stereocenters. The second kappa shape index (κ2) is 6.10. The Bertz CT molecular complexity index is 2070. The van der Waals surface area contributed by atoms with Crippen molar-refractivity contribution in [3.63, 3.8) is 0 Å². The highest BCUT2D eigenvalue weighted by Gasteiger charge is 2.30. The first-order valence-electron chi connectivity index (χ1n) is 12.0. The number of aromatic nitrogens is 4. The lowest BCUT2D eigenvalue weighted by molar-refractivity contribution is 1.16. The number of hydrogen-bond acceptors (Lipinski definition) is 3. The van der Waals surface area contributed by atoms with E-state index in [1.54, 1.807) is 6.20 Å². The SMILES string of the molecule is c1ccc2c(c1)Cc1c-2ccc2c1Cc1ccc3c(c1-2)c1cccnc1n1c2cnccc2nc31. The Morgan fingerprint density at radius 3 is 2.51 bits per heavy atom. The third-order valence-electron chi connectivity index (χ3n) is 8.00. The highest BCUT2D eigenvalue weighted by Crippen LogP contribution is 2.49. The molecule has 35 heavy (non-hydrogen) atoms. The number of pyridine rings is 3. The minimum atomic E-state index is 0.931. The van der Waals surface area contributed by atoms with E-state index >= 15 is 0 Å². The Morgan fingerprint density at radius 2 is 1.51 bits per heavy atom. The molecule has 162 valence electrons. The monoisotopic (exact) mass is 446 g/mol. The molecular weight excluding hydrogens is 428 g/mol. The van der Waals surface area contributed by atoms with Crippen LogP contribution in [-0.4, -0.2) is 19.4 Å². The molecule has 4 nitrogen and oxygen atoms in total. The second-order valence-electron chi connectivity index (χ2n) is 9.66. The second-order valence-corrected chi connectivity index (χ2v) is 9.66. The molecule has 0 saturated heterocycles. The maximum Gasteiger partial charge on any atom is 0.147 e. The van der Waals surface area contributed by atoms with Crippen molar-refractivity contribution in [1.29, 1.82) is 0 Å². The lowest BCUT2D eigenvalue weighted by atomic mass is 9.94. The van der Waals surface area contributed by atoms with Gasteiger partial charge in [-0.3, -0.25) is 9.38 Å². The summed E-state index contributed by atoms with van der Waals surface area (Å²) in [6.45, 7) is 0. The first-order chi connectivity index (χ1) is 17.4. The van der Waals surface area contributed by atoms with Gasteiger partial charge in [0.1, 0.15) is 11.3 Å². The van der Waals surface area contributed by atoms with Crippen LogP contribution in [0.25, 0.3) is 60.7 Å². The van der Waals surface area contributed by atoms with Gasteiger partial charge >= 0.3 is 0 Å². The molecule has 7 aromatic rings. The fourth-order valence-corrected chi connectivity index (χ4v) is 6.56. The van der Waals surface area contributed by atoms with Crippen LogP contribution in [0.3, 0.4) is 0 Å². The van der Waals surface area contributed by atoms with Gasteiger partial charge in [-0.05, 0) is 75.5 Å². The lowest BCUT2D eigenvalue weighted by Gasteiger charge is -2.13. The third kappa shape index (κ3) is 2.11. The molecule has 9 rings (SSSR count). The number of benzene rings is 3. The highest BCUT2D eigenvalue weighted by molar-refractivity contribution is 6.20. The van der Waals surface area contributed by atoms with Gasteiger partial charge in [0.25, 0.3) is 0 Å². The number of nitrogens with zero attached hydrogens (tertiary/aromatic N) is 4. The summed E-state index contributed by atoms with van der Waals surface area (Å²) >= 11 is 0. The Balaban J connectivity index is 1.44. The fraction of sp³-hybridized carbons (Fsp3) is 0.0645. The summed E-state index contributed by atoms with van der Waals surface area (Å²) in [7, 11) is 0. The van der Waals surface area contributed by atoms with Crippen LogP contribution in [0.5, 0.6) is 0 Å². The van der Waals surface area contributed by atoms with Gasteiger partial charge in [-0.2, -0.15) is 0 Å². The number of imidazole rings is 1. The zero-order valence-corrected chi connectivity index (χ0v) is 18.8. The first-order valence-corrected chi connectivity index (χ1v) is 12.0. The molecule has 0 spiro atoms. The van der Waals surface area contributed by atoms with Crippen LogP contribution >= 0.6 is 0 Å². The quantitative estimate of drug-likeness (QED) is 0.243. The van der Waals surface area contributed by atoms with Crippen molar-refractivity contribution in [2.45, 2.75) is 12.8 Å². The molecule has 0 atom stereocenters. The van der Waals surface area contributed by atoms with Gasteiger partial charge in [0, 0.05) is 28.6 Å². The van der Waals surface area contributed by atoms with Crippen molar-refractivity contribution in [3.05, 3.63) is 108 Å². The van der Waals surface area contributed by atoms with Crippen molar-refractivity contribution in [2.24, 2.45) is 0 Å². The zero-order chi connectivity index (χ0) is 22.7. The van der Waals surface area contributed by atoms with Crippen LogP contribution in [0.1, 0.15) is 22.3 Å². The Labute approximate surface area is 200 Å². The van der Waals surface area contributed by atoms with Crippen molar-refractivity contribution in [3.8, 4) is 22.3 Å². The summed E-state index contributed by atoms with van der Waals surface area (Å²) in [4.78, 5) is 14.3. The predicted octanol–water partition coefficient (Wildman–Crippen LogP) is 6.73. The van der Waals surface area contributed by atoms with Gasteiger partial charge < -0.3 is 0 Å². The molecule has 2 aliphatic carbocycles. The third-order valence-corrected chi connectivity index (χ3v) is 8.00. The molecule has 0 amide bonds. The van der Waals surface area contributed by atoms with Crippen molar-refractivity contribution in [2.75, 3.05) is 0 Å². The van der Waals surface area contributed by atoms with E-state index in [2.05, 4.69) is 64.0 Å². The minimum Gasteiger partial charge on any atom is -0.274 e. The summed E-state index contributed by atoms with van der Waals surface area (Å²) in [6.07, 6.45) is 7.56. The van der Waals surface area contributed by atoms with Crippen LogP contribution in [0, 0.1) is 0 Å². The van der Waals surface area contributed by atoms with Gasteiger partial charge in [0.15, 0.2) is 0 Å². The van der Waals surface area contributed by atoms with Crippen molar-refractivity contribution >= 4 is 38.5 Å². The van der Waals surface area contributed by atoms with Crippen molar-refractivity contribution < 1.29 is 0 Å². The average Bonchev–Trinajstić information content (AvgIpc) is 3.59. The number of fused-ring (bicyclic) bond motifs is 16. The van der Waals surface area contributed by atoms with E-state index in [4.69, 9.17) is 9.97 Å². The largest absolute Gasteiger partial charge is 0.274 e. The van der Waals surface area contributed by atoms with Gasteiger partial charge in [0.2, 0.25) is 0 Å². The van der Waals surface area contributed by atoms with Gasteiger partial charge in [-0.15, -0.1) is 0 Å². The van der Waals surface area contributed by atoms with Gasteiger partial charge in [-0.25, -0.2) is 9.97 Å². The van der Waals surface area contributed by atoms with Gasteiger partial charge in [-0.1, -0.05) is 48.5 Å². The molecule has 0 radical (unpaired) electrons. The number of hydrogen-bond donors (Lipinski definition) is 0. The summed E-state index contributed by atoms with van der Waals surface area (Å²) in [5, 5.41) is 3.58. The first kappa shape index (κ1) is 17.8. The van der Waals surface area contributed by atoms with Crippen LogP contribution in [-0.2, 0) is 12.8 Å². The van der Waals surface area contributed by atoms with E-state index in [1.807, 2.05) is 24.5 Å². The van der Waals surface area contributed by atoms with E-state index < -0.39 is 0 Å². The molecule has 4 aromatic heterocycles. The smallest absolute Gasteiger partial charge is 0.147 e. The van der Waals surface area contributed by atoms with E-state index in [0.29, 0.717) is 0 Å². The minimum absolute atomic E-state index is 0.931. The predicted molar refractivity (Wildman–Crippen MR) is 140 cm³/mol. The molecule has 0 N–H and O–H groups in total. The molecule has 3 aromatic carbocycles. The van der Waals surface area contributed by atoms with Crippen LogP contribution < -0.4 is 0 Å². The molecule has 0 saturated carbocycles. The molecule has 4 heterocycles. The summed E-state index contributed by atoms with van der Waals surface area (Å²) in [5.74, 6) is 0. The van der Waals surface area contributed by atoms with E-state index in [0.717, 1.165) is 45.9 Å². The molecule has 4 heteroatoms. The van der Waals surface area contributed by atoms with Crippen LogP contribution in [0.4, 0.5) is 0 Å². The number of rotatable bonds is 0. The highest BCUT2D eigenvalue weighted by atomic mass is 15.1. The van der Waals surface area contributed by atoms with E-state index in [9.17, 15) is 0 Å². The summed E-state index contributed by atoms with van der Waals surface area (Å²) < 4.78 is 2.17. The maximum atomic E-state index is 5.04. The average molecular weight is 447 g/mol. The Kier molecular flexibility index (Phi) is 3.11. The fourth-order valence-electron chi connectivity index (χ4n) is 6.56. The maximum absolute atomic E-state index is 5.04. The lowest BCUT2D eigenvalue weighted by Crippen LogP contribution is -1.95. The summed E-state index contributed by atoms with van der Waals surface area (Å²) in [6, 6.07) is 24.3. The van der Waals surface area contributed by atoms with Crippen LogP contribution in [0.2, 0.25) is 0 Å². The van der Waals surface area contributed by atoms with Crippen molar-refractivity contribution in [1.82, 2.24) is 19.4 Å². The molecule has 2 aliphatic rings. The molecule has 0 fully saturated rings. The Hall–Kier alpha value is -4.57. The zero-order valence-electron chi connectivity index (χ0n) is 18.8. The van der Waals surface area contributed by atoms with Crippen LogP contribution in [0.15, 0.2) is 85.3 Å². The topological polar surface area (TPSA) is 43.1 Å². The molecule has 0 bridgehead atoms. The molecule has 0 aliphatic heterocycles. The van der Waals surface area contributed by atoms with E-state index in [1.165, 1.54) is 49.9 Å². The van der Waals surface area contributed by atoms with E-state index in [-0.39, 0.29) is 0 Å². The normalized spacial score (nSPS) is 13.5. The molecular formula is C31H18N4. The Morgan fingerprint density at radius 1 is 0.657 bits per heavy atom. The van der Waals surface area contributed by atoms with Gasteiger partial charge in [0.05, 0.1) is 17.2 Å². The summed E-state index contributed by atoms with van der Waals surface area (Å²) in [5.41, 5.74) is 15.1. The standard InChI is InChI=1S/C31H18N4/c1-2-5-19-17(4-1)14-24-20(19)9-10-21-25(24)15-18-7-8-23-29(28(18)21)22-6-3-12-33-30(22)35-27-16-32-13-11-26(27)34-31(23)35/h1-13,16H,14-15H2.